The number of aliphatic hydroxyl groups is 1. The predicted octanol–water partition coefficient (Wildman–Crippen LogP) is 2.37. The molecule has 0 aliphatic carbocycles. The Morgan fingerprint density at radius 1 is 1.19 bits per heavy atom. The van der Waals surface area contributed by atoms with Crippen LogP contribution in [0.3, 0.4) is 0 Å². The lowest BCUT2D eigenvalue weighted by Crippen LogP contribution is -2.45. The van der Waals surface area contributed by atoms with Gasteiger partial charge in [0.25, 0.3) is 5.91 Å². The van der Waals surface area contributed by atoms with Gasteiger partial charge in [0.1, 0.15) is 24.0 Å². The summed E-state index contributed by atoms with van der Waals surface area (Å²) >= 11 is 1.26. The molecule has 13 heteroatoms. The van der Waals surface area contributed by atoms with Gasteiger partial charge in [-0.3, -0.25) is 9.59 Å². The lowest BCUT2D eigenvalue weighted by Gasteiger charge is -2.34. The molecule has 1 atom stereocenters. The summed E-state index contributed by atoms with van der Waals surface area (Å²) in [4.78, 5) is 47.7. The van der Waals surface area contributed by atoms with Crippen LogP contribution in [-0.4, -0.2) is 83.7 Å². The molecule has 0 spiro atoms. The number of para-hydroxylation sites is 1. The number of aliphatic imine (C=N–C) groups is 1. The van der Waals surface area contributed by atoms with Crippen LogP contribution >= 0.6 is 11.8 Å². The van der Waals surface area contributed by atoms with Gasteiger partial charge in [-0.1, -0.05) is 18.2 Å². The number of benzene rings is 2. The van der Waals surface area contributed by atoms with Crippen molar-refractivity contribution in [2.45, 2.75) is 38.3 Å². The second kappa shape index (κ2) is 14.4. The summed E-state index contributed by atoms with van der Waals surface area (Å²) in [6.07, 6.45) is 3.23. The number of piperidine rings is 1. The fourth-order valence-electron chi connectivity index (χ4n) is 4.96. The highest BCUT2D eigenvalue weighted by Gasteiger charge is 2.23. The Balaban J connectivity index is 1.02. The molecule has 12 nitrogen and oxygen atoms in total. The quantitative estimate of drug-likeness (QED) is 0.153. The Kier molecular flexibility index (Phi) is 10.2. The molecule has 0 unspecified atom stereocenters. The molecule has 5 N–H and O–H groups in total. The number of nitrogens with one attached hydrogen (secondary N) is 4. The van der Waals surface area contributed by atoms with Crippen LogP contribution in [0, 0.1) is 0 Å². The average molecular weight is 609 g/mol. The number of imidazole rings is 1. The maximum Gasteiger partial charge on any atom is 0.323 e. The van der Waals surface area contributed by atoms with Gasteiger partial charge in [0.2, 0.25) is 0 Å². The number of hydrogen-bond acceptors (Lipinski definition) is 10. The Morgan fingerprint density at radius 2 is 1.98 bits per heavy atom. The van der Waals surface area contributed by atoms with Crippen LogP contribution < -0.4 is 26.0 Å². The lowest BCUT2D eigenvalue weighted by molar-refractivity contribution is -0.142. The lowest BCUT2D eigenvalue weighted by atomic mass is 10.0. The molecule has 3 aromatic rings. The van der Waals surface area contributed by atoms with Gasteiger partial charge in [-0.05, 0) is 67.4 Å². The number of hydrogen-bond donors (Lipinski definition) is 5. The Hall–Kier alpha value is -4.07. The summed E-state index contributed by atoms with van der Waals surface area (Å²) in [5, 5.41) is 17.4. The molecule has 1 fully saturated rings. The van der Waals surface area contributed by atoms with Gasteiger partial charge < -0.3 is 40.1 Å². The van der Waals surface area contributed by atoms with E-state index in [0.29, 0.717) is 52.6 Å². The Morgan fingerprint density at radius 3 is 2.74 bits per heavy atom. The molecule has 0 radical (unpaired) electrons. The largest absolute Gasteiger partial charge is 0.489 e. The highest BCUT2D eigenvalue weighted by atomic mass is 32.2. The van der Waals surface area contributed by atoms with E-state index >= 15 is 0 Å². The highest BCUT2D eigenvalue weighted by Crippen LogP contribution is 2.28. The number of carbonyl (C=O) groups is 2. The topological polar surface area (TPSA) is 161 Å². The summed E-state index contributed by atoms with van der Waals surface area (Å²) in [5.74, 6) is -0.0604. The van der Waals surface area contributed by atoms with Crippen molar-refractivity contribution in [1.82, 2.24) is 20.6 Å². The average Bonchev–Trinajstić information content (AvgIpc) is 3.56. The minimum atomic E-state index is -0.688. The first-order chi connectivity index (χ1) is 20.9. The van der Waals surface area contributed by atoms with E-state index in [-0.39, 0.29) is 30.6 Å². The number of nitrogens with zero attached hydrogens (tertiary/aromatic N) is 2. The van der Waals surface area contributed by atoms with E-state index < -0.39 is 6.10 Å². The van der Waals surface area contributed by atoms with Crippen LogP contribution in [-0.2, 0) is 14.3 Å². The molecule has 0 saturated carbocycles. The molecule has 2 aliphatic rings. The SMILES string of the molecule is CCOC(=O)CCNC1=NC(=O)C(=Cc2ccc(N3CCC(NC[C@H](O)COc4cccc5[nH]c(=O)[nH]c45)CC3)cc2)S1. The number of H-pyrrole nitrogens is 2. The molecule has 1 aromatic heterocycles. The number of rotatable bonds is 12. The Bertz CT molecular complexity index is 1540. The number of aliphatic hydroxyl groups excluding tert-OH is 1. The van der Waals surface area contributed by atoms with E-state index in [0.717, 1.165) is 37.2 Å². The monoisotopic (exact) mass is 608 g/mol. The first-order valence-electron chi connectivity index (χ1n) is 14.4. The first-order valence-corrected chi connectivity index (χ1v) is 15.2. The van der Waals surface area contributed by atoms with E-state index in [2.05, 4.69) is 42.6 Å². The maximum atomic E-state index is 12.3. The van der Waals surface area contributed by atoms with Crippen LogP contribution in [0.1, 0.15) is 31.7 Å². The number of aromatic amines is 2. The molecule has 228 valence electrons. The van der Waals surface area contributed by atoms with Crippen molar-refractivity contribution in [2.24, 2.45) is 4.99 Å². The maximum absolute atomic E-state index is 12.3. The van der Waals surface area contributed by atoms with Crippen LogP contribution in [0.15, 0.2) is 57.2 Å². The van der Waals surface area contributed by atoms with Gasteiger partial charge in [-0.2, -0.15) is 4.99 Å². The fourth-order valence-corrected chi connectivity index (χ4v) is 5.80. The third-order valence-electron chi connectivity index (χ3n) is 7.17. The summed E-state index contributed by atoms with van der Waals surface area (Å²) in [7, 11) is 0. The third kappa shape index (κ3) is 8.27. The van der Waals surface area contributed by atoms with E-state index in [9.17, 15) is 19.5 Å². The number of amides is 1. The number of fused-ring (bicyclic) bond motifs is 1. The Labute approximate surface area is 252 Å². The van der Waals surface area contributed by atoms with Crippen LogP contribution in [0.25, 0.3) is 17.1 Å². The number of amidine groups is 1. The van der Waals surface area contributed by atoms with Gasteiger partial charge >= 0.3 is 11.7 Å². The van der Waals surface area contributed by atoms with Crippen molar-refractivity contribution < 1.29 is 24.2 Å². The molecule has 2 aliphatic heterocycles. The standard InChI is InChI=1S/C30H36N6O6S/c1-2-41-26(38)10-13-31-30-35-28(39)25(43-30)16-19-6-8-21(9-7-19)36-14-11-20(12-15-36)32-17-22(37)18-42-24-5-3-4-23-27(24)34-29(40)33-23/h3-9,16,20,22,32,37H,2,10-15,17-18H2,1H3,(H,31,35,39)(H2,33,34,40)/t22-/m0/s1. The van der Waals surface area contributed by atoms with Crippen LogP contribution in [0.4, 0.5) is 5.69 Å². The van der Waals surface area contributed by atoms with Crippen molar-refractivity contribution >= 4 is 51.6 Å². The number of anilines is 1. The van der Waals surface area contributed by atoms with Crippen LogP contribution in [0.5, 0.6) is 5.75 Å². The summed E-state index contributed by atoms with van der Waals surface area (Å²) < 4.78 is 10.7. The number of esters is 1. The molecule has 43 heavy (non-hydrogen) atoms. The van der Waals surface area contributed by atoms with E-state index in [1.807, 2.05) is 18.2 Å². The molecule has 3 heterocycles. The second-order valence-electron chi connectivity index (χ2n) is 10.3. The summed E-state index contributed by atoms with van der Waals surface area (Å²) in [5.41, 5.74) is 2.99. The minimum Gasteiger partial charge on any atom is -0.489 e. The molecule has 1 saturated heterocycles. The first kappa shape index (κ1) is 30.4. The summed E-state index contributed by atoms with van der Waals surface area (Å²) in [6.45, 7) is 4.76. The number of aromatic nitrogens is 2. The predicted molar refractivity (Wildman–Crippen MR) is 167 cm³/mol. The van der Waals surface area contributed by atoms with Crippen molar-refractivity contribution in [3.8, 4) is 5.75 Å². The number of carbonyl (C=O) groups excluding carboxylic acids is 2. The van der Waals surface area contributed by atoms with E-state index in [1.54, 1.807) is 25.1 Å². The molecular formula is C30H36N6O6S. The zero-order chi connectivity index (χ0) is 30.2. The summed E-state index contributed by atoms with van der Waals surface area (Å²) in [6, 6.07) is 13.7. The van der Waals surface area contributed by atoms with Gasteiger partial charge in [0.15, 0.2) is 5.17 Å². The number of thioether (sulfide) groups is 1. The van der Waals surface area contributed by atoms with E-state index in [1.165, 1.54) is 11.8 Å². The zero-order valence-corrected chi connectivity index (χ0v) is 24.7. The van der Waals surface area contributed by atoms with Crippen molar-refractivity contribution in [1.29, 1.82) is 0 Å². The third-order valence-corrected chi connectivity index (χ3v) is 8.11. The molecule has 2 aromatic carbocycles. The molecule has 0 bridgehead atoms. The zero-order valence-electron chi connectivity index (χ0n) is 23.9. The van der Waals surface area contributed by atoms with Crippen molar-refractivity contribution in [2.75, 3.05) is 44.3 Å². The smallest absolute Gasteiger partial charge is 0.323 e. The molecular weight excluding hydrogens is 572 g/mol. The van der Waals surface area contributed by atoms with Gasteiger partial charge in [0.05, 0.1) is 23.4 Å². The fraction of sp³-hybridized carbons (Fsp3) is 0.400. The minimum absolute atomic E-state index is 0.115. The van der Waals surface area contributed by atoms with Crippen molar-refractivity contribution in [3.63, 3.8) is 0 Å². The van der Waals surface area contributed by atoms with Crippen LogP contribution in [0.2, 0.25) is 0 Å². The van der Waals surface area contributed by atoms with Gasteiger partial charge in [-0.15, -0.1) is 0 Å². The number of ether oxygens (including phenoxy) is 2. The normalized spacial score (nSPS) is 17.3. The molecule has 5 rings (SSSR count). The van der Waals surface area contributed by atoms with Crippen molar-refractivity contribution in [3.05, 3.63) is 63.4 Å². The van der Waals surface area contributed by atoms with Gasteiger partial charge in [-0.25, -0.2) is 4.79 Å². The van der Waals surface area contributed by atoms with Gasteiger partial charge in [0, 0.05) is 37.9 Å². The van der Waals surface area contributed by atoms with E-state index in [4.69, 9.17) is 9.47 Å². The highest BCUT2D eigenvalue weighted by molar-refractivity contribution is 8.18. The molecule has 1 amide bonds. The second-order valence-corrected chi connectivity index (χ2v) is 11.3.